The van der Waals surface area contributed by atoms with Crippen LogP contribution in [-0.2, 0) is 17.8 Å². The van der Waals surface area contributed by atoms with Gasteiger partial charge in [0.2, 0.25) is 5.91 Å². The average molecular weight is 369 g/mol. The van der Waals surface area contributed by atoms with Crippen LogP contribution >= 0.6 is 0 Å². The molecule has 2 aromatic rings. The Balaban J connectivity index is 1.54. The van der Waals surface area contributed by atoms with Crippen LogP contribution in [0.25, 0.3) is 0 Å². The van der Waals surface area contributed by atoms with E-state index in [1.165, 1.54) is 5.56 Å². The Bertz CT molecular complexity index is 752. The van der Waals surface area contributed by atoms with Crippen molar-refractivity contribution in [2.45, 2.75) is 31.8 Å². The zero-order valence-corrected chi connectivity index (χ0v) is 16.0. The first kappa shape index (κ1) is 19.2. The minimum Gasteiger partial charge on any atom is -0.497 e. The molecule has 1 fully saturated rings. The molecule has 6 heteroatoms. The lowest BCUT2D eigenvalue weighted by Crippen LogP contribution is -2.47. The predicted molar refractivity (Wildman–Crippen MR) is 104 cm³/mol. The van der Waals surface area contributed by atoms with Crippen LogP contribution in [0, 0.1) is 0 Å². The van der Waals surface area contributed by atoms with Gasteiger partial charge in [0.1, 0.15) is 11.5 Å². The van der Waals surface area contributed by atoms with E-state index < -0.39 is 0 Å². The number of pyridine rings is 1. The predicted octanol–water partition coefficient (Wildman–Crippen LogP) is 2.42. The molecule has 6 nitrogen and oxygen atoms in total. The van der Waals surface area contributed by atoms with Gasteiger partial charge in [0.05, 0.1) is 20.6 Å². The second kappa shape index (κ2) is 9.37. The molecule has 1 N–H and O–H groups in total. The molecule has 0 spiro atoms. The van der Waals surface area contributed by atoms with Gasteiger partial charge in [-0.15, -0.1) is 0 Å². The molecule has 144 valence electrons. The van der Waals surface area contributed by atoms with Gasteiger partial charge in [-0.2, -0.15) is 0 Å². The van der Waals surface area contributed by atoms with Gasteiger partial charge >= 0.3 is 0 Å². The number of likely N-dealkylation sites (tertiary alicyclic amines) is 1. The summed E-state index contributed by atoms with van der Waals surface area (Å²) in [7, 11) is 3.22. The van der Waals surface area contributed by atoms with E-state index >= 15 is 0 Å². The number of nitrogens with one attached hydrogen (secondary N) is 1. The fourth-order valence-electron chi connectivity index (χ4n) is 3.52. The van der Waals surface area contributed by atoms with E-state index in [0.29, 0.717) is 17.9 Å². The molecule has 1 aromatic heterocycles. The summed E-state index contributed by atoms with van der Waals surface area (Å²) in [5.41, 5.74) is 2.06. The number of piperidine rings is 1. The van der Waals surface area contributed by atoms with Gasteiger partial charge in [0, 0.05) is 43.2 Å². The highest BCUT2D eigenvalue weighted by atomic mass is 16.5. The van der Waals surface area contributed by atoms with Crippen LogP contribution in [0.2, 0.25) is 0 Å². The Morgan fingerprint density at radius 1 is 1.30 bits per heavy atom. The molecular weight excluding hydrogens is 342 g/mol. The minimum atomic E-state index is 0.0201. The highest BCUT2D eigenvalue weighted by Gasteiger charge is 2.22. The molecule has 1 aliphatic rings. The Kier molecular flexibility index (Phi) is 6.65. The van der Waals surface area contributed by atoms with Crippen LogP contribution in [-0.4, -0.2) is 49.1 Å². The molecule has 1 atom stereocenters. The van der Waals surface area contributed by atoms with Crippen molar-refractivity contribution in [2.75, 3.05) is 27.3 Å². The number of hydrogen-bond acceptors (Lipinski definition) is 5. The molecule has 3 rings (SSSR count). The number of hydrogen-bond donors (Lipinski definition) is 1. The Labute approximate surface area is 160 Å². The average Bonchev–Trinajstić information content (AvgIpc) is 2.69. The van der Waals surface area contributed by atoms with E-state index in [1.807, 2.05) is 24.4 Å². The standard InChI is InChI=1S/C21H27N3O3/c1-26-19-8-7-17(20(12-19)27-2)11-21(25)23-18-6-4-10-24(15-18)14-16-5-3-9-22-13-16/h3,5,7-9,12-13,18H,4,6,10-11,14-15H2,1-2H3,(H,23,25)/t18-/m0/s1. The second-order valence-corrected chi connectivity index (χ2v) is 6.86. The van der Waals surface area contributed by atoms with Crippen LogP contribution in [0.1, 0.15) is 24.0 Å². The zero-order chi connectivity index (χ0) is 19.1. The minimum absolute atomic E-state index is 0.0201. The summed E-state index contributed by atoms with van der Waals surface area (Å²) in [6.07, 6.45) is 6.08. The molecule has 1 amide bonds. The lowest BCUT2D eigenvalue weighted by molar-refractivity contribution is -0.121. The highest BCUT2D eigenvalue weighted by Crippen LogP contribution is 2.25. The van der Waals surface area contributed by atoms with Gasteiger partial charge in [0.15, 0.2) is 0 Å². The largest absolute Gasteiger partial charge is 0.497 e. The van der Waals surface area contributed by atoms with Crippen LogP contribution in [0.4, 0.5) is 0 Å². The number of rotatable bonds is 7. The first-order chi connectivity index (χ1) is 13.2. The molecule has 0 unspecified atom stereocenters. The van der Waals surface area contributed by atoms with Crippen molar-refractivity contribution in [3.8, 4) is 11.5 Å². The lowest BCUT2D eigenvalue weighted by Gasteiger charge is -2.33. The zero-order valence-electron chi connectivity index (χ0n) is 16.0. The van der Waals surface area contributed by atoms with Crippen molar-refractivity contribution in [2.24, 2.45) is 0 Å². The van der Waals surface area contributed by atoms with Crippen LogP contribution in [0.5, 0.6) is 11.5 Å². The second-order valence-electron chi connectivity index (χ2n) is 6.86. The maximum absolute atomic E-state index is 12.5. The number of ether oxygens (including phenoxy) is 2. The van der Waals surface area contributed by atoms with Crippen molar-refractivity contribution in [1.29, 1.82) is 0 Å². The summed E-state index contributed by atoms with van der Waals surface area (Å²) in [5.74, 6) is 1.41. The van der Waals surface area contributed by atoms with Gasteiger partial charge in [-0.25, -0.2) is 0 Å². The normalized spacial score (nSPS) is 17.3. The Morgan fingerprint density at radius 3 is 2.93 bits per heavy atom. The van der Waals surface area contributed by atoms with Crippen LogP contribution in [0.3, 0.4) is 0 Å². The highest BCUT2D eigenvalue weighted by molar-refractivity contribution is 5.79. The van der Waals surface area contributed by atoms with E-state index in [0.717, 1.165) is 38.0 Å². The first-order valence-electron chi connectivity index (χ1n) is 9.29. The number of amides is 1. The molecule has 27 heavy (non-hydrogen) atoms. The van der Waals surface area contributed by atoms with Crippen molar-refractivity contribution in [3.63, 3.8) is 0 Å². The molecule has 2 heterocycles. The van der Waals surface area contributed by atoms with Gasteiger partial charge < -0.3 is 14.8 Å². The smallest absolute Gasteiger partial charge is 0.224 e. The number of nitrogens with zero attached hydrogens (tertiary/aromatic N) is 2. The van der Waals surface area contributed by atoms with Crippen molar-refractivity contribution >= 4 is 5.91 Å². The molecule has 1 aliphatic heterocycles. The number of carbonyl (C=O) groups excluding carboxylic acids is 1. The fraction of sp³-hybridized carbons (Fsp3) is 0.429. The van der Waals surface area contributed by atoms with Crippen LogP contribution < -0.4 is 14.8 Å². The number of carbonyl (C=O) groups is 1. The Morgan fingerprint density at radius 2 is 2.19 bits per heavy atom. The molecule has 0 aliphatic carbocycles. The van der Waals surface area contributed by atoms with E-state index in [9.17, 15) is 4.79 Å². The van der Waals surface area contributed by atoms with Gasteiger partial charge in [-0.1, -0.05) is 12.1 Å². The maximum Gasteiger partial charge on any atom is 0.224 e. The molecule has 1 aromatic carbocycles. The maximum atomic E-state index is 12.5. The molecule has 0 radical (unpaired) electrons. The third kappa shape index (κ3) is 5.44. The van der Waals surface area contributed by atoms with E-state index in [4.69, 9.17) is 9.47 Å². The third-order valence-corrected chi connectivity index (χ3v) is 4.84. The molecule has 0 bridgehead atoms. The van der Waals surface area contributed by atoms with Crippen molar-refractivity contribution in [1.82, 2.24) is 15.2 Å². The first-order valence-corrected chi connectivity index (χ1v) is 9.29. The quantitative estimate of drug-likeness (QED) is 0.812. The van der Waals surface area contributed by atoms with Gasteiger partial charge in [-0.05, 0) is 37.1 Å². The molecule has 1 saturated heterocycles. The number of methoxy groups -OCH3 is 2. The Hall–Kier alpha value is -2.60. The van der Waals surface area contributed by atoms with Crippen molar-refractivity contribution < 1.29 is 14.3 Å². The summed E-state index contributed by atoms with van der Waals surface area (Å²) in [5, 5.41) is 3.18. The summed E-state index contributed by atoms with van der Waals surface area (Å²) in [4.78, 5) is 19.1. The number of benzene rings is 1. The molecule has 0 saturated carbocycles. The third-order valence-electron chi connectivity index (χ3n) is 4.84. The molecular formula is C21H27N3O3. The topological polar surface area (TPSA) is 63.7 Å². The van der Waals surface area contributed by atoms with Crippen molar-refractivity contribution in [3.05, 3.63) is 53.9 Å². The summed E-state index contributed by atoms with van der Waals surface area (Å²) < 4.78 is 10.6. The lowest BCUT2D eigenvalue weighted by atomic mass is 10.0. The fourth-order valence-corrected chi connectivity index (χ4v) is 3.52. The summed E-state index contributed by atoms with van der Waals surface area (Å²) in [6.45, 7) is 2.78. The summed E-state index contributed by atoms with van der Waals surface area (Å²) in [6, 6.07) is 9.76. The van der Waals surface area contributed by atoms with E-state index in [2.05, 4.69) is 21.3 Å². The van der Waals surface area contributed by atoms with Crippen LogP contribution in [0.15, 0.2) is 42.7 Å². The van der Waals surface area contributed by atoms with E-state index in [-0.39, 0.29) is 11.9 Å². The monoisotopic (exact) mass is 369 g/mol. The SMILES string of the molecule is COc1ccc(CC(=O)N[C@H]2CCCN(Cc3cccnc3)C2)c(OC)c1. The number of aromatic nitrogens is 1. The van der Waals surface area contributed by atoms with E-state index in [1.54, 1.807) is 26.5 Å². The van der Waals surface area contributed by atoms with Gasteiger partial charge in [-0.3, -0.25) is 14.7 Å². The summed E-state index contributed by atoms with van der Waals surface area (Å²) >= 11 is 0. The van der Waals surface area contributed by atoms with Gasteiger partial charge in [0.25, 0.3) is 0 Å².